The summed E-state index contributed by atoms with van der Waals surface area (Å²) in [4.78, 5) is 0. The average Bonchev–Trinajstić information content (AvgIpc) is 2.12. The van der Waals surface area contributed by atoms with E-state index in [-0.39, 0.29) is 5.75 Å². The molecule has 14 heavy (non-hydrogen) atoms. The molecule has 0 unspecified atom stereocenters. The van der Waals surface area contributed by atoms with E-state index < -0.39 is 0 Å². The van der Waals surface area contributed by atoms with Crippen LogP contribution in [0.4, 0.5) is 0 Å². The van der Waals surface area contributed by atoms with Crippen LogP contribution in [0.1, 0.15) is 25.8 Å². The lowest BCUT2D eigenvalue weighted by molar-refractivity contribution is 0.402. The van der Waals surface area contributed by atoms with Gasteiger partial charge in [-0.3, -0.25) is 0 Å². The molecule has 0 saturated carbocycles. The van der Waals surface area contributed by atoms with Gasteiger partial charge in [0.1, 0.15) is 11.5 Å². The monoisotopic (exact) mass is 191 g/mol. The van der Waals surface area contributed by atoms with E-state index in [1.165, 1.54) is 0 Å². The number of benzene rings is 1. The van der Waals surface area contributed by atoms with Gasteiger partial charge in [0.25, 0.3) is 0 Å². The highest BCUT2D eigenvalue weighted by Crippen LogP contribution is 2.22. The van der Waals surface area contributed by atoms with Crippen LogP contribution < -0.4 is 4.74 Å². The van der Waals surface area contributed by atoms with Crippen LogP contribution >= 0.6 is 0 Å². The zero-order valence-electron chi connectivity index (χ0n) is 8.79. The Kier molecular flexibility index (Phi) is 3.57. The first-order chi connectivity index (χ1) is 6.65. The number of allylic oxidation sites excluding steroid dienone is 2. The fourth-order valence-corrected chi connectivity index (χ4v) is 1.21. The van der Waals surface area contributed by atoms with Crippen LogP contribution in [0, 0.1) is 13.0 Å². The number of aromatic hydroxyl groups is 1. The van der Waals surface area contributed by atoms with Gasteiger partial charge in [0.05, 0.1) is 5.76 Å². The zero-order valence-corrected chi connectivity index (χ0v) is 8.79. The molecule has 0 amide bonds. The Morgan fingerprint density at radius 2 is 2.29 bits per heavy atom. The predicted octanol–water partition coefficient (Wildman–Crippen LogP) is 3.19. The maximum Gasteiger partial charge on any atom is 0.130 e. The maximum atomic E-state index is 9.30. The van der Waals surface area contributed by atoms with Crippen molar-refractivity contribution in [2.45, 2.75) is 27.2 Å². The number of hydrogen-bond acceptors (Lipinski definition) is 2. The molecule has 1 N–H and O–H groups in total. The molecule has 1 aromatic rings. The minimum atomic E-state index is 0.117. The molecule has 0 aliphatic carbocycles. The van der Waals surface area contributed by atoms with Gasteiger partial charge in [0, 0.05) is 18.6 Å². The topological polar surface area (TPSA) is 29.5 Å². The average molecular weight is 191 g/mol. The summed E-state index contributed by atoms with van der Waals surface area (Å²) < 4.78 is 5.56. The van der Waals surface area contributed by atoms with Crippen LogP contribution in [0.5, 0.6) is 11.5 Å². The summed E-state index contributed by atoms with van der Waals surface area (Å²) in [6, 6.07) is 6.18. The van der Waals surface area contributed by atoms with Gasteiger partial charge in [-0.15, -0.1) is 0 Å². The van der Waals surface area contributed by atoms with Gasteiger partial charge in [-0.25, -0.2) is 0 Å². The molecule has 0 fully saturated rings. The van der Waals surface area contributed by atoms with Crippen molar-refractivity contribution >= 4 is 0 Å². The number of phenols is 1. The number of phenolic OH excluding ortho intramolecular Hbond substituents is 1. The molecule has 0 spiro atoms. The number of hydrogen-bond donors (Lipinski definition) is 1. The minimum absolute atomic E-state index is 0.117. The second-order valence-corrected chi connectivity index (χ2v) is 3.09. The van der Waals surface area contributed by atoms with Gasteiger partial charge >= 0.3 is 0 Å². The Labute approximate surface area is 84.8 Å². The SMILES string of the molecule is CC=C(CC)Oc1cc(C)[c]c(O)c1. The maximum absolute atomic E-state index is 9.30. The van der Waals surface area contributed by atoms with E-state index in [9.17, 15) is 5.11 Å². The van der Waals surface area contributed by atoms with Crippen LogP contribution in [0.3, 0.4) is 0 Å². The fourth-order valence-electron chi connectivity index (χ4n) is 1.21. The summed E-state index contributed by atoms with van der Waals surface area (Å²) in [6.07, 6.45) is 2.76. The Morgan fingerprint density at radius 3 is 2.79 bits per heavy atom. The first-order valence-corrected chi connectivity index (χ1v) is 4.71. The standard InChI is InChI=1S/C12H15O2/c1-4-11(5-2)14-12-7-9(3)6-10(13)8-12/h4,7-8,13H,5H2,1-3H3. The molecular formula is C12H15O2. The van der Waals surface area contributed by atoms with E-state index in [0.29, 0.717) is 5.75 Å². The Morgan fingerprint density at radius 1 is 1.57 bits per heavy atom. The van der Waals surface area contributed by atoms with Gasteiger partial charge < -0.3 is 9.84 Å². The first-order valence-electron chi connectivity index (χ1n) is 4.71. The van der Waals surface area contributed by atoms with E-state index in [1.54, 1.807) is 6.07 Å². The molecule has 1 rings (SSSR count). The molecule has 0 aliphatic heterocycles. The van der Waals surface area contributed by atoms with Gasteiger partial charge in [0.2, 0.25) is 0 Å². The largest absolute Gasteiger partial charge is 0.507 e. The van der Waals surface area contributed by atoms with Crippen LogP contribution in [0.15, 0.2) is 24.0 Å². The van der Waals surface area contributed by atoms with Crippen molar-refractivity contribution in [3.05, 3.63) is 35.6 Å². The molecule has 0 aliphatic rings. The number of aryl methyl sites for hydroxylation is 1. The van der Waals surface area contributed by atoms with E-state index in [4.69, 9.17) is 4.74 Å². The van der Waals surface area contributed by atoms with E-state index >= 15 is 0 Å². The van der Waals surface area contributed by atoms with E-state index in [1.807, 2.05) is 32.9 Å². The van der Waals surface area contributed by atoms with Gasteiger partial charge in [0.15, 0.2) is 0 Å². The van der Waals surface area contributed by atoms with Crippen LogP contribution in [0.2, 0.25) is 0 Å². The third-order valence-corrected chi connectivity index (χ3v) is 1.88. The third-order valence-electron chi connectivity index (χ3n) is 1.88. The Hall–Kier alpha value is -1.44. The molecule has 1 aromatic carbocycles. The second-order valence-electron chi connectivity index (χ2n) is 3.09. The lowest BCUT2D eigenvalue weighted by Gasteiger charge is -2.08. The van der Waals surface area contributed by atoms with Gasteiger partial charge in [-0.1, -0.05) is 6.92 Å². The van der Waals surface area contributed by atoms with Crippen molar-refractivity contribution in [1.29, 1.82) is 0 Å². The van der Waals surface area contributed by atoms with Crippen LogP contribution in [0.25, 0.3) is 0 Å². The normalized spacial score (nSPS) is 11.5. The summed E-state index contributed by atoms with van der Waals surface area (Å²) in [7, 11) is 0. The minimum Gasteiger partial charge on any atom is -0.507 e. The van der Waals surface area contributed by atoms with Crippen molar-refractivity contribution in [3.8, 4) is 11.5 Å². The smallest absolute Gasteiger partial charge is 0.130 e. The Bertz CT molecular complexity index is 320. The second kappa shape index (κ2) is 4.70. The summed E-state index contributed by atoms with van der Waals surface area (Å²) in [6.45, 7) is 5.82. The lowest BCUT2D eigenvalue weighted by Crippen LogP contribution is -1.93. The van der Waals surface area contributed by atoms with Crippen LogP contribution in [-0.4, -0.2) is 5.11 Å². The van der Waals surface area contributed by atoms with E-state index in [0.717, 1.165) is 17.7 Å². The summed E-state index contributed by atoms with van der Waals surface area (Å²) >= 11 is 0. The molecule has 0 aromatic heterocycles. The first kappa shape index (κ1) is 10.6. The number of ether oxygens (including phenoxy) is 1. The molecule has 1 radical (unpaired) electrons. The molecule has 0 saturated heterocycles. The van der Waals surface area contributed by atoms with Crippen molar-refractivity contribution in [2.24, 2.45) is 0 Å². The highest BCUT2D eigenvalue weighted by atomic mass is 16.5. The van der Waals surface area contributed by atoms with E-state index in [2.05, 4.69) is 6.07 Å². The number of rotatable bonds is 3. The lowest BCUT2D eigenvalue weighted by atomic mass is 10.2. The summed E-state index contributed by atoms with van der Waals surface area (Å²) in [5.41, 5.74) is 0.867. The fraction of sp³-hybridized carbons (Fsp3) is 0.333. The van der Waals surface area contributed by atoms with Gasteiger partial charge in [-0.2, -0.15) is 0 Å². The highest BCUT2D eigenvalue weighted by molar-refractivity contribution is 5.36. The van der Waals surface area contributed by atoms with Crippen LogP contribution in [-0.2, 0) is 0 Å². The zero-order chi connectivity index (χ0) is 10.6. The molecule has 0 bridgehead atoms. The molecule has 75 valence electrons. The van der Waals surface area contributed by atoms with Crippen molar-refractivity contribution in [2.75, 3.05) is 0 Å². The molecule has 2 heteroatoms. The molecule has 0 atom stereocenters. The molecular weight excluding hydrogens is 176 g/mol. The molecule has 0 heterocycles. The summed E-state index contributed by atoms with van der Waals surface area (Å²) in [5.74, 6) is 1.68. The quantitative estimate of drug-likeness (QED) is 0.743. The van der Waals surface area contributed by atoms with Crippen molar-refractivity contribution < 1.29 is 9.84 Å². The summed E-state index contributed by atoms with van der Waals surface area (Å²) in [5, 5.41) is 9.30. The van der Waals surface area contributed by atoms with Crippen molar-refractivity contribution in [1.82, 2.24) is 0 Å². The third kappa shape index (κ3) is 2.80. The van der Waals surface area contributed by atoms with Gasteiger partial charge in [-0.05, 0) is 31.6 Å². The highest BCUT2D eigenvalue weighted by Gasteiger charge is 2.00. The molecule has 2 nitrogen and oxygen atoms in total. The predicted molar refractivity (Wildman–Crippen MR) is 56.4 cm³/mol. The van der Waals surface area contributed by atoms with Crippen molar-refractivity contribution in [3.63, 3.8) is 0 Å². The Balaban J connectivity index is 2.86.